The van der Waals surface area contributed by atoms with E-state index < -0.39 is 26.6 Å². The summed E-state index contributed by atoms with van der Waals surface area (Å²) in [5.74, 6) is -1.95. The summed E-state index contributed by atoms with van der Waals surface area (Å²) in [5, 5.41) is 0.241. The van der Waals surface area contributed by atoms with Crippen molar-refractivity contribution >= 4 is 27.3 Å². The highest BCUT2D eigenvalue weighted by Crippen LogP contribution is 2.20. The summed E-state index contributed by atoms with van der Waals surface area (Å²) in [5.41, 5.74) is 0.717. The Morgan fingerprint density at radius 2 is 1.75 bits per heavy atom. The van der Waals surface area contributed by atoms with Crippen LogP contribution in [0.4, 0.5) is 14.5 Å². The second-order valence-electron chi connectivity index (χ2n) is 4.04. The van der Waals surface area contributed by atoms with Crippen molar-refractivity contribution in [3.8, 4) is 0 Å². The van der Waals surface area contributed by atoms with E-state index in [4.69, 9.17) is 11.6 Å². The molecule has 106 valence electrons. The Morgan fingerprint density at radius 3 is 2.30 bits per heavy atom. The van der Waals surface area contributed by atoms with Gasteiger partial charge in [-0.3, -0.25) is 4.72 Å². The molecule has 0 fully saturated rings. The standard InChI is InChI=1S/C12H9ClF2N2O2S/c1-7-2-10(6-16-12(7)13)17-20(18,19)11-4-8(14)3-9(15)5-11/h2-6,17H,1H3. The van der Waals surface area contributed by atoms with Crippen molar-refractivity contribution in [2.45, 2.75) is 11.8 Å². The normalized spacial score (nSPS) is 11.4. The summed E-state index contributed by atoms with van der Waals surface area (Å²) in [6, 6.07) is 3.50. The van der Waals surface area contributed by atoms with E-state index in [0.29, 0.717) is 11.6 Å². The van der Waals surface area contributed by atoms with Gasteiger partial charge in [-0.1, -0.05) is 11.6 Å². The quantitative estimate of drug-likeness (QED) is 0.885. The van der Waals surface area contributed by atoms with Crippen molar-refractivity contribution in [3.63, 3.8) is 0 Å². The second-order valence-corrected chi connectivity index (χ2v) is 6.08. The molecule has 0 amide bonds. The predicted molar refractivity (Wildman–Crippen MR) is 71.2 cm³/mol. The molecule has 0 aliphatic heterocycles. The van der Waals surface area contributed by atoms with E-state index in [2.05, 4.69) is 9.71 Å². The lowest BCUT2D eigenvalue weighted by Gasteiger charge is -2.09. The van der Waals surface area contributed by atoms with E-state index in [1.165, 1.54) is 12.3 Å². The first kappa shape index (κ1) is 14.7. The molecule has 4 nitrogen and oxygen atoms in total. The largest absolute Gasteiger partial charge is 0.278 e. The molecular formula is C12H9ClF2N2O2S. The molecular weight excluding hydrogens is 310 g/mol. The Balaban J connectivity index is 2.37. The third kappa shape index (κ3) is 3.23. The molecule has 0 bridgehead atoms. The molecule has 1 aromatic carbocycles. The summed E-state index contributed by atoms with van der Waals surface area (Å²) in [6.45, 7) is 1.65. The van der Waals surface area contributed by atoms with Crippen molar-refractivity contribution in [2.75, 3.05) is 4.72 Å². The molecule has 0 atom stereocenters. The highest BCUT2D eigenvalue weighted by molar-refractivity contribution is 7.92. The van der Waals surface area contributed by atoms with Gasteiger partial charge in [0.2, 0.25) is 0 Å². The van der Waals surface area contributed by atoms with Crippen LogP contribution in [0.3, 0.4) is 0 Å². The molecule has 0 aliphatic carbocycles. The van der Waals surface area contributed by atoms with E-state index in [9.17, 15) is 17.2 Å². The lowest BCUT2D eigenvalue weighted by molar-refractivity contribution is 0.568. The van der Waals surface area contributed by atoms with Crippen LogP contribution in [0, 0.1) is 18.6 Å². The van der Waals surface area contributed by atoms with Crippen molar-refractivity contribution in [3.05, 3.63) is 52.8 Å². The predicted octanol–water partition coefficient (Wildman–Crippen LogP) is 3.12. The number of benzene rings is 1. The molecule has 2 aromatic rings. The fourth-order valence-electron chi connectivity index (χ4n) is 1.51. The summed E-state index contributed by atoms with van der Waals surface area (Å²) in [7, 11) is -4.10. The number of nitrogens with one attached hydrogen (secondary N) is 1. The van der Waals surface area contributed by atoms with Crippen molar-refractivity contribution in [1.82, 2.24) is 4.98 Å². The maximum absolute atomic E-state index is 13.1. The van der Waals surface area contributed by atoms with Gasteiger partial charge in [0.05, 0.1) is 16.8 Å². The number of aromatic nitrogens is 1. The van der Waals surface area contributed by atoms with Crippen molar-refractivity contribution in [1.29, 1.82) is 0 Å². The van der Waals surface area contributed by atoms with Crippen LogP contribution in [0.15, 0.2) is 35.4 Å². The van der Waals surface area contributed by atoms with E-state index in [1.807, 2.05) is 0 Å². The summed E-state index contributed by atoms with van der Waals surface area (Å²) in [6.07, 6.45) is 1.21. The maximum atomic E-state index is 13.1. The van der Waals surface area contributed by atoms with Gasteiger partial charge in [-0.25, -0.2) is 22.2 Å². The Hall–Kier alpha value is -1.73. The highest BCUT2D eigenvalue weighted by Gasteiger charge is 2.17. The minimum Gasteiger partial charge on any atom is -0.278 e. The smallest absolute Gasteiger partial charge is 0.262 e. The SMILES string of the molecule is Cc1cc(NS(=O)(=O)c2cc(F)cc(F)c2)cnc1Cl. The zero-order valence-electron chi connectivity index (χ0n) is 10.2. The van der Waals surface area contributed by atoms with Crippen molar-refractivity contribution in [2.24, 2.45) is 0 Å². The second kappa shape index (κ2) is 5.34. The third-order valence-corrected chi connectivity index (χ3v) is 4.17. The first-order valence-corrected chi connectivity index (χ1v) is 7.25. The minimum atomic E-state index is -4.10. The topological polar surface area (TPSA) is 59.1 Å². The first-order valence-electron chi connectivity index (χ1n) is 5.39. The van der Waals surface area contributed by atoms with Gasteiger partial charge in [-0.05, 0) is 30.7 Å². The molecule has 0 aliphatic rings. The van der Waals surface area contributed by atoms with Gasteiger partial charge in [0.15, 0.2) is 0 Å². The zero-order chi connectivity index (χ0) is 14.9. The number of aryl methyl sites for hydroxylation is 1. The number of halogens is 3. The molecule has 0 radical (unpaired) electrons. The molecule has 1 N–H and O–H groups in total. The average molecular weight is 319 g/mol. The summed E-state index contributed by atoms with van der Waals surface area (Å²) < 4.78 is 52.3. The van der Waals surface area contributed by atoms with Gasteiger partial charge in [0.25, 0.3) is 10.0 Å². The van der Waals surface area contributed by atoms with Crippen LogP contribution in [0.1, 0.15) is 5.56 Å². The van der Waals surface area contributed by atoms with Gasteiger partial charge in [0.1, 0.15) is 16.8 Å². The molecule has 0 saturated carbocycles. The van der Waals surface area contributed by atoms with Crippen LogP contribution < -0.4 is 4.72 Å². The van der Waals surface area contributed by atoms with E-state index in [1.54, 1.807) is 6.92 Å². The van der Waals surface area contributed by atoms with Crippen LogP contribution in [-0.4, -0.2) is 13.4 Å². The zero-order valence-corrected chi connectivity index (χ0v) is 11.8. The first-order chi connectivity index (χ1) is 9.28. The number of anilines is 1. The minimum absolute atomic E-state index is 0.150. The maximum Gasteiger partial charge on any atom is 0.262 e. The van der Waals surface area contributed by atoms with E-state index in [0.717, 1.165) is 12.1 Å². The monoisotopic (exact) mass is 318 g/mol. The fourth-order valence-corrected chi connectivity index (χ4v) is 2.69. The third-order valence-electron chi connectivity index (χ3n) is 2.41. The molecule has 20 heavy (non-hydrogen) atoms. The number of sulfonamides is 1. The molecule has 1 aromatic heterocycles. The van der Waals surface area contributed by atoms with Crippen LogP contribution in [-0.2, 0) is 10.0 Å². The van der Waals surface area contributed by atoms with Crippen molar-refractivity contribution < 1.29 is 17.2 Å². The highest BCUT2D eigenvalue weighted by atomic mass is 35.5. The van der Waals surface area contributed by atoms with Gasteiger partial charge in [-0.15, -0.1) is 0 Å². The molecule has 0 saturated heterocycles. The Labute approximate surface area is 119 Å². The van der Waals surface area contributed by atoms with E-state index >= 15 is 0 Å². The molecule has 2 rings (SSSR count). The molecule has 0 spiro atoms. The van der Waals surface area contributed by atoms with Gasteiger partial charge < -0.3 is 0 Å². The lowest BCUT2D eigenvalue weighted by Crippen LogP contribution is -2.14. The molecule has 8 heteroatoms. The Morgan fingerprint density at radius 1 is 1.15 bits per heavy atom. The van der Waals surface area contributed by atoms with Crippen LogP contribution in [0.25, 0.3) is 0 Å². The summed E-state index contributed by atoms with van der Waals surface area (Å²) >= 11 is 5.72. The lowest BCUT2D eigenvalue weighted by atomic mass is 10.3. The number of hydrogen-bond acceptors (Lipinski definition) is 3. The number of hydrogen-bond donors (Lipinski definition) is 1. The number of rotatable bonds is 3. The van der Waals surface area contributed by atoms with E-state index in [-0.39, 0.29) is 10.8 Å². The molecule has 0 unspecified atom stereocenters. The number of nitrogens with zero attached hydrogens (tertiary/aromatic N) is 1. The van der Waals surface area contributed by atoms with Crippen LogP contribution >= 0.6 is 11.6 Å². The molecule has 1 heterocycles. The average Bonchev–Trinajstić information content (AvgIpc) is 2.32. The van der Waals surface area contributed by atoms with Crippen LogP contribution in [0.2, 0.25) is 5.15 Å². The fraction of sp³-hybridized carbons (Fsp3) is 0.0833. The van der Waals surface area contributed by atoms with Gasteiger partial charge >= 0.3 is 0 Å². The summed E-state index contributed by atoms with van der Waals surface area (Å²) in [4.78, 5) is 3.27. The Bertz CT molecular complexity index is 746. The number of pyridine rings is 1. The van der Waals surface area contributed by atoms with Gasteiger partial charge in [0, 0.05) is 6.07 Å². The van der Waals surface area contributed by atoms with Crippen LogP contribution in [0.5, 0.6) is 0 Å². The van der Waals surface area contributed by atoms with Gasteiger partial charge in [-0.2, -0.15) is 0 Å². The Kier molecular flexibility index (Phi) is 3.92.